The van der Waals surface area contributed by atoms with Gasteiger partial charge in [-0.2, -0.15) is 5.10 Å². The van der Waals surface area contributed by atoms with Gasteiger partial charge in [0.1, 0.15) is 0 Å². The van der Waals surface area contributed by atoms with E-state index in [-0.39, 0.29) is 6.10 Å². The second-order valence-electron chi connectivity index (χ2n) is 3.95. The average Bonchev–Trinajstić information content (AvgIpc) is 2.84. The molecule has 1 fully saturated rings. The summed E-state index contributed by atoms with van der Waals surface area (Å²) in [4.78, 5) is 0. The van der Waals surface area contributed by atoms with Crippen LogP contribution in [0.5, 0.6) is 0 Å². The van der Waals surface area contributed by atoms with Crippen LogP contribution in [0.25, 0.3) is 0 Å². The highest BCUT2D eigenvalue weighted by Crippen LogP contribution is 2.35. The molecule has 0 bridgehead atoms. The Hall–Kier alpha value is -0.830. The number of hydrogen-bond acceptors (Lipinski definition) is 2. The molecule has 1 aliphatic carbocycles. The molecule has 72 valence electrons. The third-order valence-electron chi connectivity index (χ3n) is 2.62. The lowest BCUT2D eigenvalue weighted by atomic mass is 10.1. The van der Waals surface area contributed by atoms with Gasteiger partial charge in [-0.1, -0.05) is 12.8 Å². The molecule has 0 spiro atoms. The molecule has 0 radical (unpaired) electrons. The molecule has 1 atom stereocenters. The maximum Gasteiger partial charge on any atom is 0.0978 e. The van der Waals surface area contributed by atoms with Gasteiger partial charge in [-0.25, -0.2) is 0 Å². The minimum absolute atomic E-state index is 0.359. The molecule has 0 saturated heterocycles. The van der Waals surface area contributed by atoms with Crippen LogP contribution in [0, 0.1) is 5.92 Å². The van der Waals surface area contributed by atoms with Crippen molar-refractivity contribution in [3.63, 3.8) is 0 Å². The Balaban J connectivity index is 1.84. The zero-order valence-corrected chi connectivity index (χ0v) is 7.98. The average molecular weight is 180 g/mol. The minimum Gasteiger partial charge on any atom is -0.387 e. The Morgan fingerprint density at radius 3 is 3.00 bits per heavy atom. The molecule has 1 saturated carbocycles. The summed E-state index contributed by atoms with van der Waals surface area (Å²) >= 11 is 0. The van der Waals surface area contributed by atoms with Crippen LogP contribution in [0.4, 0.5) is 0 Å². The zero-order chi connectivity index (χ0) is 9.26. The van der Waals surface area contributed by atoms with Gasteiger partial charge in [-0.3, -0.25) is 4.68 Å². The van der Waals surface area contributed by atoms with E-state index in [9.17, 15) is 5.11 Å². The summed E-state index contributed by atoms with van der Waals surface area (Å²) in [5.41, 5.74) is 0.808. The van der Waals surface area contributed by atoms with Crippen molar-refractivity contribution in [2.45, 2.75) is 31.8 Å². The van der Waals surface area contributed by atoms with Gasteiger partial charge in [-0.05, 0) is 24.8 Å². The summed E-state index contributed by atoms with van der Waals surface area (Å²) in [7, 11) is 1.87. The van der Waals surface area contributed by atoms with Gasteiger partial charge in [0.2, 0.25) is 0 Å². The molecule has 1 aromatic heterocycles. The molecule has 1 aliphatic rings. The van der Waals surface area contributed by atoms with Crippen LogP contribution in [0.1, 0.15) is 37.5 Å². The Bertz CT molecular complexity index is 278. The largest absolute Gasteiger partial charge is 0.387 e. The van der Waals surface area contributed by atoms with E-state index < -0.39 is 0 Å². The minimum atomic E-state index is -0.359. The van der Waals surface area contributed by atoms with Gasteiger partial charge < -0.3 is 5.11 Å². The Morgan fingerprint density at radius 1 is 1.69 bits per heavy atom. The molecule has 3 nitrogen and oxygen atoms in total. The molecule has 0 amide bonds. The first-order valence-corrected chi connectivity index (χ1v) is 4.93. The van der Waals surface area contributed by atoms with Crippen LogP contribution in [0.3, 0.4) is 0 Å². The summed E-state index contributed by atoms with van der Waals surface area (Å²) in [5, 5.41) is 13.9. The number of hydrogen-bond donors (Lipinski definition) is 1. The second-order valence-corrected chi connectivity index (χ2v) is 3.95. The Labute approximate surface area is 78.4 Å². The lowest BCUT2D eigenvalue weighted by molar-refractivity contribution is 0.157. The van der Waals surface area contributed by atoms with Crippen LogP contribution in [-0.4, -0.2) is 14.9 Å². The fourth-order valence-electron chi connectivity index (χ4n) is 1.56. The lowest BCUT2D eigenvalue weighted by Gasteiger charge is -2.05. The molecule has 1 unspecified atom stereocenters. The van der Waals surface area contributed by atoms with Crippen molar-refractivity contribution < 1.29 is 5.11 Å². The summed E-state index contributed by atoms with van der Waals surface area (Å²) in [6.45, 7) is 0. The van der Waals surface area contributed by atoms with Crippen molar-refractivity contribution in [3.8, 4) is 0 Å². The zero-order valence-electron chi connectivity index (χ0n) is 7.98. The number of rotatable bonds is 4. The predicted octanol–water partition coefficient (Wildman–Crippen LogP) is 1.64. The number of aromatic nitrogens is 2. The van der Waals surface area contributed by atoms with Crippen LogP contribution in [-0.2, 0) is 7.05 Å². The molecular formula is C10H16N2O. The second kappa shape index (κ2) is 3.50. The van der Waals surface area contributed by atoms with E-state index in [1.165, 1.54) is 12.8 Å². The fourth-order valence-corrected chi connectivity index (χ4v) is 1.56. The molecule has 1 heterocycles. The smallest absolute Gasteiger partial charge is 0.0978 e. The van der Waals surface area contributed by atoms with E-state index in [2.05, 4.69) is 5.10 Å². The van der Waals surface area contributed by atoms with Crippen LogP contribution in [0.2, 0.25) is 0 Å². The van der Waals surface area contributed by atoms with E-state index >= 15 is 0 Å². The van der Waals surface area contributed by atoms with Crippen molar-refractivity contribution in [1.29, 1.82) is 0 Å². The first-order chi connectivity index (χ1) is 6.25. The van der Waals surface area contributed by atoms with Crippen molar-refractivity contribution in [2.75, 3.05) is 0 Å². The monoisotopic (exact) mass is 180 g/mol. The van der Waals surface area contributed by atoms with Gasteiger partial charge in [0.05, 0.1) is 11.8 Å². The first kappa shape index (κ1) is 8.75. The van der Waals surface area contributed by atoms with E-state index in [0.29, 0.717) is 0 Å². The van der Waals surface area contributed by atoms with E-state index in [4.69, 9.17) is 0 Å². The van der Waals surface area contributed by atoms with Gasteiger partial charge in [0.25, 0.3) is 0 Å². The van der Waals surface area contributed by atoms with E-state index in [1.54, 1.807) is 4.68 Å². The summed E-state index contributed by atoms with van der Waals surface area (Å²) in [6.07, 6.45) is 6.24. The molecule has 13 heavy (non-hydrogen) atoms. The predicted molar refractivity (Wildman–Crippen MR) is 50.1 cm³/mol. The Kier molecular flexibility index (Phi) is 2.36. The van der Waals surface area contributed by atoms with E-state index in [0.717, 1.165) is 24.5 Å². The molecule has 1 aromatic rings. The normalized spacial score (nSPS) is 18.9. The maximum absolute atomic E-state index is 9.73. The summed E-state index contributed by atoms with van der Waals surface area (Å²) in [5.74, 6) is 0.887. The topological polar surface area (TPSA) is 38.0 Å². The third kappa shape index (κ3) is 2.31. The van der Waals surface area contributed by atoms with Gasteiger partial charge in [0, 0.05) is 13.2 Å². The van der Waals surface area contributed by atoms with Crippen molar-refractivity contribution in [3.05, 3.63) is 18.0 Å². The van der Waals surface area contributed by atoms with Gasteiger partial charge >= 0.3 is 0 Å². The molecule has 3 heteroatoms. The van der Waals surface area contributed by atoms with Gasteiger partial charge in [-0.15, -0.1) is 0 Å². The SMILES string of the molecule is Cn1ccc(C(O)CCC2CC2)n1. The maximum atomic E-state index is 9.73. The highest BCUT2D eigenvalue weighted by molar-refractivity contribution is 5.02. The van der Waals surface area contributed by atoms with Crippen LogP contribution in [0.15, 0.2) is 12.3 Å². The fraction of sp³-hybridized carbons (Fsp3) is 0.700. The van der Waals surface area contributed by atoms with Crippen molar-refractivity contribution in [2.24, 2.45) is 13.0 Å². The van der Waals surface area contributed by atoms with Crippen LogP contribution < -0.4 is 0 Å². The first-order valence-electron chi connectivity index (χ1n) is 4.93. The lowest BCUT2D eigenvalue weighted by Crippen LogP contribution is -2.00. The summed E-state index contributed by atoms with van der Waals surface area (Å²) in [6, 6.07) is 1.89. The van der Waals surface area contributed by atoms with Crippen molar-refractivity contribution >= 4 is 0 Å². The van der Waals surface area contributed by atoms with Gasteiger partial charge in [0.15, 0.2) is 0 Å². The number of aliphatic hydroxyl groups excluding tert-OH is 1. The number of aryl methyl sites for hydroxylation is 1. The molecule has 1 N–H and O–H groups in total. The number of aliphatic hydroxyl groups is 1. The van der Waals surface area contributed by atoms with E-state index in [1.807, 2.05) is 19.3 Å². The highest BCUT2D eigenvalue weighted by Gasteiger charge is 2.22. The summed E-state index contributed by atoms with van der Waals surface area (Å²) < 4.78 is 1.73. The third-order valence-corrected chi connectivity index (χ3v) is 2.62. The molecular weight excluding hydrogens is 164 g/mol. The molecule has 2 rings (SSSR count). The number of nitrogens with zero attached hydrogens (tertiary/aromatic N) is 2. The highest BCUT2D eigenvalue weighted by atomic mass is 16.3. The standard InChI is InChI=1S/C10H16N2O/c1-12-7-6-9(11-12)10(13)5-4-8-2-3-8/h6-8,10,13H,2-5H2,1H3. The van der Waals surface area contributed by atoms with Crippen molar-refractivity contribution in [1.82, 2.24) is 9.78 Å². The molecule has 0 aromatic carbocycles. The quantitative estimate of drug-likeness (QED) is 0.765. The van der Waals surface area contributed by atoms with Crippen LogP contribution >= 0.6 is 0 Å². The molecule has 0 aliphatic heterocycles. The Morgan fingerprint density at radius 2 is 2.46 bits per heavy atom.